The molecule has 0 amide bonds. The molecule has 2 aromatic carbocycles. The van der Waals surface area contributed by atoms with E-state index in [4.69, 9.17) is 18.6 Å². The Hall–Kier alpha value is -3.05. The highest BCUT2D eigenvalue weighted by molar-refractivity contribution is 5.80. The van der Waals surface area contributed by atoms with Crippen LogP contribution in [0, 0.1) is 0 Å². The molecule has 1 unspecified atom stereocenters. The van der Waals surface area contributed by atoms with Crippen LogP contribution < -0.4 is 4.74 Å². The zero-order chi connectivity index (χ0) is 20.6. The van der Waals surface area contributed by atoms with Crippen LogP contribution in [0.4, 0.5) is 0 Å². The molecule has 5 heteroatoms. The standard InChI is InChI=1S/C24H26O5/c1-4-21(20-9-7-8-18-14-15-28-23(18)20)29-19-12-10-17(11-13-19)16-22(26-5-2)24(25)27-6-3/h4,7-15,21-22H,1,5-6,16H2,2-3H3/t21?,22-/m0/s1. The van der Waals surface area contributed by atoms with Gasteiger partial charge in [-0.3, -0.25) is 0 Å². The number of hydrogen-bond acceptors (Lipinski definition) is 5. The van der Waals surface area contributed by atoms with Crippen LogP contribution in [0.1, 0.15) is 31.1 Å². The van der Waals surface area contributed by atoms with Crippen LogP contribution in [0.5, 0.6) is 5.75 Å². The minimum absolute atomic E-state index is 0.334. The predicted octanol–water partition coefficient (Wildman–Crippen LogP) is 5.25. The lowest BCUT2D eigenvalue weighted by atomic mass is 10.1. The van der Waals surface area contributed by atoms with Crippen molar-refractivity contribution in [1.29, 1.82) is 0 Å². The van der Waals surface area contributed by atoms with Crippen molar-refractivity contribution in [2.24, 2.45) is 0 Å². The Kier molecular flexibility index (Phi) is 7.09. The summed E-state index contributed by atoms with van der Waals surface area (Å²) in [5.74, 6) is 0.360. The summed E-state index contributed by atoms with van der Waals surface area (Å²) in [5.41, 5.74) is 2.68. The number of carbonyl (C=O) groups is 1. The van der Waals surface area contributed by atoms with Crippen LogP contribution >= 0.6 is 0 Å². The summed E-state index contributed by atoms with van der Waals surface area (Å²) in [4.78, 5) is 12.0. The lowest BCUT2D eigenvalue weighted by molar-refractivity contribution is -0.156. The van der Waals surface area contributed by atoms with Crippen LogP contribution in [-0.2, 0) is 20.7 Å². The van der Waals surface area contributed by atoms with Gasteiger partial charge >= 0.3 is 5.97 Å². The van der Waals surface area contributed by atoms with E-state index in [0.717, 1.165) is 22.1 Å². The summed E-state index contributed by atoms with van der Waals surface area (Å²) < 4.78 is 22.4. The fourth-order valence-corrected chi connectivity index (χ4v) is 3.19. The van der Waals surface area contributed by atoms with E-state index in [1.165, 1.54) is 0 Å². The average Bonchev–Trinajstić information content (AvgIpc) is 3.22. The van der Waals surface area contributed by atoms with E-state index in [2.05, 4.69) is 6.58 Å². The van der Waals surface area contributed by atoms with Crippen LogP contribution in [0.25, 0.3) is 11.0 Å². The summed E-state index contributed by atoms with van der Waals surface area (Å²) >= 11 is 0. The zero-order valence-electron chi connectivity index (χ0n) is 16.8. The molecule has 0 aliphatic heterocycles. The summed E-state index contributed by atoms with van der Waals surface area (Å²) in [7, 11) is 0. The monoisotopic (exact) mass is 394 g/mol. The maximum absolute atomic E-state index is 12.0. The number of fused-ring (bicyclic) bond motifs is 1. The topological polar surface area (TPSA) is 57.9 Å². The largest absolute Gasteiger partial charge is 0.481 e. The van der Waals surface area contributed by atoms with Gasteiger partial charge in [0.25, 0.3) is 0 Å². The normalized spacial score (nSPS) is 13.0. The molecule has 152 valence electrons. The van der Waals surface area contributed by atoms with E-state index in [1.807, 2.05) is 55.5 Å². The molecule has 0 saturated carbocycles. The molecule has 0 spiro atoms. The molecular formula is C24H26O5. The van der Waals surface area contributed by atoms with Crippen molar-refractivity contribution in [2.45, 2.75) is 32.5 Å². The van der Waals surface area contributed by atoms with Gasteiger partial charge < -0.3 is 18.6 Å². The first-order valence-corrected chi connectivity index (χ1v) is 9.78. The third-order valence-electron chi connectivity index (χ3n) is 4.55. The second kappa shape index (κ2) is 9.94. The lowest BCUT2D eigenvalue weighted by Crippen LogP contribution is -2.28. The Labute approximate surface area is 170 Å². The Morgan fingerprint density at radius 2 is 1.90 bits per heavy atom. The molecule has 5 nitrogen and oxygen atoms in total. The third kappa shape index (κ3) is 5.06. The fourth-order valence-electron chi connectivity index (χ4n) is 3.19. The van der Waals surface area contributed by atoms with Crippen molar-refractivity contribution in [1.82, 2.24) is 0 Å². The van der Waals surface area contributed by atoms with Gasteiger partial charge in [-0.15, -0.1) is 0 Å². The first-order chi connectivity index (χ1) is 14.2. The highest BCUT2D eigenvalue weighted by Crippen LogP contribution is 2.30. The quantitative estimate of drug-likeness (QED) is 0.347. The number of ether oxygens (including phenoxy) is 3. The summed E-state index contributed by atoms with van der Waals surface area (Å²) in [6.07, 6.45) is 2.91. The molecular weight excluding hydrogens is 368 g/mol. The van der Waals surface area contributed by atoms with E-state index in [0.29, 0.717) is 25.4 Å². The second-order valence-electron chi connectivity index (χ2n) is 6.50. The smallest absolute Gasteiger partial charge is 0.335 e. The molecule has 0 aliphatic rings. The van der Waals surface area contributed by atoms with Crippen molar-refractivity contribution < 1.29 is 23.4 Å². The van der Waals surface area contributed by atoms with Gasteiger partial charge in [-0.05, 0) is 43.7 Å². The van der Waals surface area contributed by atoms with Crippen molar-refractivity contribution in [3.8, 4) is 5.75 Å². The van der Waals surface area contributed by atoms with Gasteiger partial charge in [0.05, 0.1) is 12.9 Å². The highest BCUT2D eigenvalue weighted by atomic mass is 16.6. The van der Waals surface area contributed by atoms with Gasteiger partial charge in [-0.1, -0.05) is 36.9 Å². The first-order valence-electron chi connectivity index (χ1n) is 9.78. The number of hydrogen-bond donors (Lipinski definition) is 0. The maximum Gasteiger partial charge on any atom is 0.335 e. The molecule has 0 aliphatic carbocycles. The number of esters is 1. The third-order valence-corrected chi connectivity index (χ3v) is 4.55. The van der Waals surface area contributed by atoms with E-state index >= 15 is 0 Å². The second-order valence-corrected chi connectivity index (χ2v) is 6.50. The van der Waals surface area contributed by atoms with E-state index in [1.54, 1.807) is 19.3 Å². The first kappa shape index (κ1) is 20.7. The molecule has 0 saturated heterocycles. The van der Waals surface area contributed by atoms with Crippen LogP contribution in [-0.4, -0.2) is 25.3 Å². The van der Waals surface area contributed by atoms with Crippen LogP contribution in [0.2, 0.25) is 0 Å². The molecule has 0 N–H and O–H groups in total. The SMILES string of the molecule is C=CC(Oc1ccc(C[C@H](OCC)C(=O)OCC)cc1)c1cccc2ccoc12. The van der Waals surface area contributed by atoms with Crippen molar-refractivity contribution in [3.05, 3.63) is 78.6 Å². The summed E-state index contributed by atoms with van der Waals surface area (Å²) in [5, 5.41) is 1.02. The van der Waals surface area contributed by atoms with E-state index in [-0.39, 0.29) is 12.1 Å². The van der Waals surface area contributed by atoms with E-state index in [9.17, 15) is 4.79 Å². The summed E-state index contributed by atoms with van der Waals surface area (Å²) in [6.45, 7) is 8.33. The van der Waals surface area contributed by atoms with Gasteiger partial charge in [0.2, 0.25) is 0 Å². The number of para-hydroxylation sites is 1. The fraction of sp³-hybridized carbons (Fsp3) is 0.292. The Bertz CT molecular complexity index is 941. The molecule has 2 atom stereocenters. The predicted molar refractivity (Wildman–Crippen MR) is 112 cm³/mol. The molecule has 29 heavy (non-hydrogen) atoms. The van der Waals surface area contributed by atoms with E-state index < -0.39 is 6.10 Å². The van der Waals surface area contributed by atoms with Crippen molar-refractivity contribution in [3.63, 3.8) is 0 Å². The number of benzene rings is 2. The zero-order valence-corrected chi connectivity index (χ0v) is 16.8. The van der Waals surface area contributed by atoms with Gasteiger partial charge in [0.15, 0.2) is 6.10 Å². The molecule has 0 radical (unpaired) electrons. The molecule has 1 heterocycles. The molecule has 0 bridgehead atoms. The van der Waals surface area contributed by atoms with Crippen LogP contribution in [0.3, 0.4) is 0 Å². The highest BCUT2D eigenvalue weighted by Gasteiger charge is 2.21. The Morgan fingerprint density at radius 3 is 2.59 bits per heavy atom. The number of carbonyl (C=O) groups excluding carboxylic acids is 1. The molecule has 3 rings (SSSR count). The van der Waals surface area contributed by atoms with Crippen molar-refractivity contribution in [2.75, 3.05) is 13.2 Å². The van der Waals surface area contributed by atoms with Gasteiger partial charge in [-0.2, -0.15) is 0 Å². The molecule has 0 fully saturated rings. The Balaban J connectivity index is 1.71. The number of rotatable bonds is 10. The minimum Gasteiger partial charge on any atom is -0.481 e. The molecule has 3 aromatic rings. The lowest BCUT2D eigenvalue weighted by Gasteiger charge is -2.18. The minimum atomic E-state index is -0.607. The Morgan fingerprint density at radius 1 is 1.10 bits per heavy atom. The molecule has 1 aromatic heterocycles. The van der Waals surface area contributed by atoms with Crippen LogP contribution in [0.15, 0.2) is 71.9 Å². The van der Waals surface area contributed by atoms with Gasteiger partial charge in [-0.25, -0.2) is 4.79 Å². The van der Waals surface area contributed by atoms with Gasteiger partial charge in [0.1, 0.15) is 17.4 Å². The summed E-state index contributed by atoms with van der Waals surface area (Å²) in [6, 6.07) is 15.5. The maximum atomic E-state index is 12.0. The van der Waals surface area contributed by atoms with Gasteiger partial charge in [0, 0.05) is 24.0 Å². The van der Waals surface area contributed by atoms with Crippen molar-refractivity contribution >= 4 is 16.9 Å². The average molecular weight is 394 g/mol. The number of furan rings is 1.